The Morgan fingerprint density at radius 3 is 2.76 bits per heavy atom. The summed E-state index contributed by atoms with van der Waals surface area (Å²) in [7, 11) is 0. The molecule has 0 spiro atoms. The number of hydrogen-bond acceptors (Lipinski definition) is 4. The van der Waals surface area contributed by atoms with Gasteiger partial charge in [-0.05, 0) is 18.9 Å². The Kier molecular flexibility index (Phi) is 5.10. The molecule has 0 aliphatic rings. The molecule has 1 aromatic rings. The van der Waals surface area contributed by atoms with Gasteiger partial charge in [0.1, 0.15) is 11.9 Å². The summed E-state index contributed by atoms with van der Waals surface area (Å²) in [5.74, 6) is 0.641. The van der Waals surface area contributed by atoms with Gasteiger partial charge >= 0.3 is 0 Å². The first-order valence-corrected chi connectivity index (χ1v) is 5.90. The van der Waals surface area contributed by atoms with Crippen molar-refractivity contribution in [3.05, 3.63) is 23.9 Å². The van der Waals surface area contributed by atoms with E-state index in [0.717, 1.165) is 5.56 Å². The number of nitrogens with two attached hydrogens (primary N) is 1. The lowest BCUT2D eigenvalue weighted by Crippen LogP contribution is -2.31. The molecule has 0 aromatic carbocycles. The monoisotopic (exact) mass is 236 g/mol. The van der Waals surface area contributed by atoms with E-state index in [1.54, 1.807) is 12.3 Å². The molecule has 1 heterocycles. The Bertz CT molecular complexity index is 377. The van der Waals surface area contributed by atoms with E-state index in [2.05, 4.69) is 4.98 Å². The zero-order valence-electron chi connectivity index (χ0n) is 10.6. The zero-order valence-corrected chi connectivity index (χ0v) is 10.6. The number of ether oxygens (including phenoxy) is 1. The number of hydrogen-bond donors (Lipinski definition) is 1. The van der Waals surface area contributed by atoms with Crippen LogP contribution < -0.4 is 5.73 Å². The molecule has 0 saturated carbocycles. The third-order valence-corrected chi connectivity index (χ3v) is 2.56. The largest absolute Gasteiger partial charge is 0.383 e. The van der Waals surface area contributed by atoms with E-state index in [4.69, 9.17) is 10.5 Å². The lowest BCUT2D eigenvalue weighted by atomic mass is 9.98. The first-order valence-electron chi connectivity index (χ1n) is 5.90. The number of rotatable bonds is 6. The van der Waals surface area contributed by atoms with Gasteiger partial charge in [0.25, 0.3) is 0 Å². The average molecular weight is 236 g/mol. The van der Waals surface area contributed by atoms with Gasteiger partial charge in [-0.25, -0.2) is 4.98 Å². The van der Waals surface area contributed by atoms with E-state index < -0.39 is 0 Å². The summed E-state index contributed by atoms with van der Waals surface area (Å²) in [5.41, 5.74) is 6.48. The van der Waals surface area contributed by atoms with Crippen LogP contribution in [0.4, 0.5) is 5.82 Å². The third kappa shape index (κ3) is 3.82. The van der Waals surface area contributed by atoms with E-state index in [9.17, 15) is 4.79 Å². The quantitative estimate of drug-likeness (QED) is 0.818. The lowest BCUT2D eigenvalue weighted by Gasteiger charge is -2.19. The average Bonchev–Trinajstić information content (AvgIpc) is 2.28. The van der Waals surface area contributed by atoms with Gasteiger partial charge in [-0.1, -0.05) is 19.9 Å². The second-order valence-corrected chi connectivity index (χ2v) is 4.31. The van der Waals surface area contributed by atoms with Crippen molar-refractivity contribution in [2.24, 2.45) is 5.92 Å². The van der Waals surface area contributed by atoms with Crippen LogP contribution in [0.5, 0.6) is 0 Å². The van der Waals surface area contributed by atoms with Crippen molar-refractivity contribution >= 4 is 11.6 Å². The van der Waals surface area contributed by atoms with Crippen molar-refractivity contribution in [3.8, 4) is 0 Å². The standard InChI is InChI=1S/C13H20N2O2/c1-4-17-12(9(2)3)11(16)8-10-6-5-7-15-13(10)14/h5-7,9,12H,4,8H2,1-3H3,(H2,14,15). The Balaban J connectivity index is 2.73. The summed E-state index contributed by atoms with van der Waals surface area (Å²) in [4.78, 5) is 16.1. The lowest BCUT2D eigenvalue weighted by molar-refractivity contribution is -0.132. The highest BCUT2D eigenvalue weighted by Gasteiger charge is 2.22. The number of carbonyl (C=O) groups excluding carboxylic acids is 1. The fraction of sp³-hybridized carbons (Fsp3) is 0.538. The predicted molar refractivity (Wildman–Crippen MR) is 67.6 cm³/mol. The van der Waals surface area contributed by atoms with E-state index in [-0.39, 0.29) is 24.2 Å². The van der Waals surface area contributed by atoms with E-state index in [1.165, 1.54) is 0 Å². The van der Waals surface area contributed by atoms with Crippen molar-refractivity contribution in [1.29, 1.82) is 0 Å². The summed E-state index contributed by atoms with van der Waals surface area (Å²) < 4.78 is 5.47. The van der Waals surface area contributed by atoms with Crippen molar-refractivity contribution < 1.29 is 9.53 Å². The molecule has 1 rings (SSSR count). The van der Waals surface area contributed by atoms with Gasteiger partial charge in [0.05, 0.1) is 0 Å². The Hall–Kier alpha value is -1.42. The summed E-state index contributed by atoms with van der Waals surface area (Å²) in [5, 5.41) is 0. The maximum absolute atomic E-state index is 12.1. The minimum absolute atomic E-state index is 0.0570. The molecule has 0 amide bonds. The molecule has 4 nitrogen and oxygen atoms in total. The molecule has 94 valence electrons. The van der Waals surface area contributed by atoms with Crippen molar-refractivity contribution in [2.45, 2.75) is 33.3 Å². The number of aromatic nitrogens is 1. The summed E-state index contributed by atoms with van der Waals surface area (Å²) in [6.07, 6.45) is 1.54. The molecule has 0 saturated heterocycles. The molecule has 0 aliphatic heterocycles. The van der Waals surface area contributed by atoms with Gasteiger partial charge in [0, 0.05) is 24.8 Å². The fourth-order valence-electron chi connectivity index (χ4n) is 1.73. The summed E-state index contributed by atoms with van der Waals surface area (Å²) in [6.45, 7) is 6.38. The number of ketones is 1. The normalized spacial score (nSPS) is 12.7. The fourth-order valence-corrected chi connectivity index (χ4v) is 1.73. The van der Waals surface area contributed by atoms with Gasteiger partial charge in [-0.15, -0.1) is 0 Å². The molecule has 0 aliphatic carbocycles. The van der Waals surface area contributed by atoms with Crippen LogP contribution in [-0.2, 0) is 16.0 Å². The van der Waals surface area contributed by atoms with E-state index >= 15 is 0 Å². The van der Waals surface area contributed by atoms with E-state index in [0.29, 0.717) is 12.4 Å². The molecular weight excluding hydrogens is 216 g/mol. The van der Waals surface area contributed by atoms with Crippen LogP contribution in [0.25, 0.3) is 0 Å². The predicted octanol–water partition coefficient (Wildman–Crippen LogP) is 1.84. The maximum atomic E-state index is 12.1. The number of Topliss-reactive ketones (excluding diaryl/α,β-unsaturated/α-hetero) is 1. The van der Waals surface area contributed by atoms with Crippen LogP contribution in [0, 0.1) is 5.92 Å². The molecule has 1 aromatic heterocycles. The van der Waals surface area contributed by atoms with Crippen molar-refractivity contribution in [1.82, 2.24) is 4.98 Å². The van der Waals surface area contributed by atoms with Crippen LogP contribution in [0.2, 0.25) is 0 Å². The molecule has 17 heavy (non-hydrogen) atoms. The Morgan fingerprint density at radius 2 is 2.24 bits per heavy atom. The Labute approximate surface area is 102 Å². The number of nitrogens with zero attached hydrogens (tertiary/aromatic N) is 1. The van der Waals surface area contributed by atoms with Crippen molar-refractivity contribution in [3.63, 3.8) is 0 Å². The first kappa shape index (κ1) is 13.6. The topological polar surface area (TPSA) is 65.2 Å². The van der Waals surface area contributed by atoms with Crippen LogP contribution in [-0.4, -0.2) is 23.5 Å². The third-order valence-electron chi connectivity index (χ3n) is 2.56. The molecule has 0 bridgehead atoms. The zero-order chi connectivity index (χ0) is 12.8. The first-order chi connectivity index (χ1) is 8.06. The smallest absolute Gasteiger partial charge is 0.166 e. The van der Waals surface area contributed by atoms with Crippen LogP contribution in [0.3, 0.4) is 0 Å². The molecule has 2 N–H and O–H groups in total. The van der Waals surface area contributed by atoms with Crippen LogP contribution in [0.1, 0.15) is 26.3 Å². The maximum Gasteiger partial charge on any atom is 0.166 e. The minimum Gasteiger partial charge on any atom is -0.383 e. The highest BCUT2D eigenvalue weighted by Crippen LogP contribution is 2.14. The van der Waals surface area contributed by atoms with Gasteiger partial charge in [-0.3, -0.25) is 4.79 Å². The minimum atomic E-state index is -0.361. The number of pyridine rings is 1. The molecular formula is C13H20N2O2. The molecule has 1 unspecified atom stereocenters. The second kappa shape index (κ2) is 6.35. The van der Waals surface area contributed by atoms with Gasteiger partial charge in [-0.2, -0.15) is 0 Å². The molecule has 0 radical (unpaired) electrons. The molecule has 1 atom stereocenters. The summed E-state index contributed by atoms with van der Waals surface area (Å²) in [6, 6.07) is 3.60. The van der Waals surface area contributed by atoms with Crippen LogP contribution in [0.15, 0.2) is 18.3 Å². The van der Waals surface area contributed by atoms with Gasteiger partial charge in [0.2, 0.25) is 0 Å². The van der Waals surface area contributed by atoms with Crippen LogP contribution >= 0.6 is 0 Å². The summed E-state index contributed by atoms with van der Waals surface area (Å²) >= 11 is 0. The number of anilines is 1. The van der Waals surface area contributed by atoms with Gasteiger partial charge in [0.15, 0.2) is 5.78 Å². The highest BCUT2D eigenvalue weighted by molar-refractivity contribution is 5.86. The molecule has 4 heteroatoms. The Morgan fingerprint density at radius 1 is 1.53 bits per heavy atom. The number of carbonyl (C=O) groups is 1. The number of nitrogen functional groups attached to an aromatic ring is 1. The van der Waals surface area contributed by atoms with Crippen molar-refractivity contribution in [2.75, 3.05) is 12.3 Å². The highest BCUT2D eigenvalue weighted by atomic mass is 16.5. The van der Waals surface area contributed by atoms with Gasteiger partial charge < -0.3 is 10.5 Å². The van der Waals surface area contributed by atoms with E-state index in [1.807, 2.05) is 26.8 Å². The molecule has 0 fully saturated rings. The SMILES string of the molecule is CCOC(C(=O)Cc1cccnc1N)C(C)C. The second-order valence-electron chi connectivity index (χ2n) is 4.31.